The number of hydrogen-bond acceptors (Lipinski definition) is 2. The van der Waals surface area contributed by atoms with Gasteiger partial charge in [-0.05, 0) is 32.7 Å². The topological polar surface area (TPSA) is 41.1 Å². The van der Waals surface area contributed by atoms with E-state index in [0.717, 1.165) is 38.8 Å². The predicted molar refractivity (Wildman–Crippen MR) is 65.4 cm³/mol. The first-order valence-electron chi connectivity index (χ1n) is 5.75. The van der Waals surface area contributed by atoms with E-state index in [9.17, 15) is 4.79 Å². The Kier molecular flexibility index (Phi) is 7.79. The molecule has 90 valence electrons. The Balaban J connectivity index is 0.00000196. The third kappa shape index (κ3) is 5.38. The minimum absolute atomic E-state index is 0. The molecule has 2 unspecified atom stereocenters. The van der Waals surface area contributed by atoms with Gasteiger partial charge in [-0.2, -0.15) is 0 Å². The zero-order valence-corrected chi connectivity index (χ0v) is 10.5. The van der Waals surface area contributed by atoms with E-state index in [1.54, 1.807) is 0 Å². The number of halogens is 1. The van der Waals surface area contributed by atoms with Crippen molar-refractivity contribution in [1.29, 1.82) is 0 Å². The zero-order valence-electron chi connectivity index (χ0n) is 9.71. The van der Waals surface area contributed by atoms with E-state index in [-0.39, 0.29) is 24.2 Å². The number of piperidine rings is 1. The first kappa shape index (κ1) is 14.7. The summed E-state index contributed by atoms with van der Waals surface area (Å²) in [5.74, 6) is 0.432. The first-order chi connectivity index (χ1) is 6.74. The third-order valence-corrected chi connectivity index (χ3v) is 2.78. The molecule has 3 nitrogen and oxygen atoms in total. The fraction of sp³-hybridized carbons (Fsp3) is 0.909. The molecule has 2 atom stereocenters. The summed E-state index contributed by atoms with van der Waals surface area (Å²) in [6.07, 6.45) is 4.37. The van der Waals surface area contributed by atoms with Crippen LogP contribution in [-0.4, -0.2) is 25.0 Å². The van der Waals surface area contributed by atoms with Crippen molar-refractivity contribution in [2.24, 2.45) is 5.92 Å². The highest BCUT2D eigenvalue weighted by atomic mass is 35.5. The van der Waals surface area contributed by atoms with Crippen LogP contribution in [-0.2, 0) is 4.79 Å². The number of amides is 1. The molecule has 0 radical (unpaired) electrons. The van der Waals surface area contributed by atoms with Gasteiger partial charge in [0.2, 0.25) is 5.91 Å². The average molecular weight is 235 g/mol. The van der Waals surface area contributed by atoms with Crippen LogP contribution in [0.5, 0.6) is 0 Å². The largest absolute Gasteiger partial charge is 0.353 e. The lowest BCUT2D eigenvalue weighted by atomic mass is 9.98. The highest BCUT2D eigenvalue weighted by Gasteiger charge is 2.21. The number of carbonyl (C=O) groups excluding carboxylic acids is 1. The molecule has 0 spiro atoms. The summed E-state index contributed by atoms with van der Waals surface area (Å²) in [4.78, 5) is 11.7. The number of nitrogens with one attached hydrogen (secondary N) is 2. The molecular formula is C11H23ClN2O. The van der Waals surface area contributed by atoms with Gasteiger partial charge in [-0.3, -0.25) is 4.79 Å². The summed E-state index contributed by atoms with van der Waals surface area (Å²) in [5.41, 5.74) is 0. The van der Waals surface area contributed by atoms with Crippen molar-refractivity contribution in [1.82, 2.24) is 10.6 Å². The van der Waals surface area contributed by atoms with Crippen molar-refractivity contribution in [2.75, 3.05) is 13.1 Å². The Labute approximate surface area is 98.8 Å². The van der Waals surface area contributed by atoms with E-state index >= 15 is 0 Å². The Bertz CT molecular complexity index is 181. The molecule has 1 amide bonds. The molecule has 0 aliphatic carbocycles. The van der Waals surface area contributed by atoms with E-state index in [1.165, 1.54) is 0 Å². The van der Waals surface area contributed by atoms with Crippen LogP contribution in [0.15, 0.2) is 0 Å². The number of hydrogen-bond donors (Lipinski definition) is 2. The fourth-order valence-electron chi connectivity index (χ4n) is 1.94. The zero-order chi connectivity index (χ0) is 10.4. The van der Waals surface area contributed by atoms with Gasteiger partial charge < -0.3 is 10.6 Å². The smallest absolute Gasteiger partial charge is 0.224 e. The fourth-order valence-corrected chi connectivity index (χ4v) is 1.94. The van der Waals surface area contributed by atoms with Crippen LogP contribution in [0.1, 0.15) is 39.5 Å². The molecule has 0 aromatic carbocycles. The second kappa shape index (κ2) is 7.94. The van der Waals surface area contributed by atoms with Gasteiger partial charge >= 0.3 is 0 Å². The van der Waals surface area contributed by atoms with E-state index in [1.807, 2.05) is 0 Å². The highest BCUT2D eigenvalue weighted by Crippen LogP contribution is 2.10. The van der Waals surface area contributed by atoms with Crippen LogP contribution in [0.2, 0.25) is 0 Å². The molecule has 1 heterocycles. The van der Waals surface area contributed by atoms with E-state index < -0.39 is 0 Å². The minimum atomic E-state index is 0. The number of rotatable bonds is 4. The second-order valence-electron chi connectivity index (χ2n) is 4.24. The maximum Gasteiger partial charge on any atom is 0.224 e. The van der Waals surface area contributed by atoms with Gasteiger partial charge in [0, 0.05) is 12.6 Å². The lowest BCUT2D eigenvalue weighted by Gasteiger charge is -2.23. The molecule has 1 saturated heterocycles. The van der Waals surface area contributed by atoms with Gasteiger partial charge in [-0.1, -0.05) is 13.3 Å². The molecule has 1 aliphatic rings. The van der Waals surface area contributed by atoms with Crippen LogP contribution >= 0.6 is 12.4 Å². The lowest BCUT2D eigenvalue weighted by molar-refractivity contribution is -0.126. The maximum atomic E-state index is 11.7. The van der Waals surface area contributed by atoms with E-state index in [2.05, 4.69) is 24.5 Å². The van der Waals surface area contributed by atoms with Crippen molar-refractivity contribution in [3.63, 3.8) is 0 Å². The Morgan fingerprint density at radius 1 is 1.60 bits per heavy atom. The molecule has 2 N–H and O–H groups in total. The average Bonchev–Trinajstić information content (AvgIpc) is 2.19. The van der Waals surface area contributed by atoms with Crippen LogP contribution in [0.3, 0.4) is 0 Å². The molecule has 0 bridgehead atoms. The Morgan fingerprint density at radius 2 is 2.33 bits per heavy atom. The van der Waals surface area contributed by atoms with Crippen LogP contribution in [0.25, 0.3) is 0 Å². The monoisotopic (exact) mass is 234 g/mol. The molecule has 0 aromatic rings. The van der Waals surface area contributed by atoms with Gasteiger partial charge in [0.05, 0.1) is 5.92 Å². The summed E-state index contributed by atoms with van der Waals surface area (Å²) < 4.78 is 0. The third-order valence-electron chi connectivity index (χ3n) is 2.78. The van der Waals surface area contributed by atoms with Crippen molar-refractivity contribution in [3.8, 4) is 0 Å². The van der Waals surface area contributed by atoms with Gasteiger partial charge in [-0.25, -0.2) is 0 Å². The minimum Gasteiger partial charge on any atom is -0.353 e. The first-order valence-corrected chi connectivity index (χ1v) is 5.75. The molecular weight excluding hydrogens is 212 g/mol. The summed E-state index contributed by atoms with van der Waals surface area (Å²) in [5, 5.41) is 6.33. The second-order valence-corrected chi connectivity index (χ2v) is 4.24. The molecule has 0 saturated carbocycles. The van der Waals surface area contributed by atoms with Crippen LogP contribution in [0, 0.1) is 5.92 Å². The van der Waals surface area contributed by atoms with Crippen molar-refractivity contribution >= 4 is 18.3 Å². The standard InChI is InChI=1S/C11H22N2O.ClH/c1-3-5-9(2)13-11(14)10-6-4-7-12-8-10;/h9-10,12H,3-8H2,1-2H3,(H,13,14);1H. The number of carbonyl (C=O) groups is 1. The SMILES string of the molecule is CCCC(C)NC(=O)C1CCCNC1.Cl. The van der Waals surface area contributed by atoms with E-state index in [4.69, 9.17) is 0 Å². The predicted octanol–water partition coefficient (Wildman–Crippen LogP) is 1.71. The van der Waals surface area contributed by atoms with Gasteiger partial charge in [0.25, 0.3) is 0 Å². The van der Waals surface area contributed by atoms with Gasteiger partial charge in [0.15, 0.2) is 0 Å². The molecule has 4 heteroatoms. The summed E-state index contributed by atoms with van der Waals surface area (Å²) in [7, 11) is 0. The van der Waals surface area contributed by atoms with E-state index in [0.29, 0.717) is 6.04 Å². The molecule has 0 aromatic heterocycles. The Hall–Kier alpha value is -0.280. The highest BCUT2D eigenvalue weighted by molar-refractivity contribution is 5.85. The van der Waals surface area contributed by atoms with Crippen LogP contribution in [0.4, 0.5) is 0 Å². The molecule has 1 aliphatic heterocycles. The van der Waals surface area contributed by atoms with Crippen molar-refractivity contribution < 1.29 is 4.79 Å². The normalized spacial score (nSPS) is 22.7. The lowest BCUT2D eigenvalue weighted by Crippen LogP contribution is -2.43. The molecule has 1 rings (SSSR count). The van der Waals surface area contributed by atoms with Gasteiger partial charge in [-0.15, -0.1) is 12.4 Å². The molecule has 1 fully saturated rings. The van der Waals surface area contributed by atoms with Crippen LogP contribution < -0.4 is 10.6 Å². The van der Waals surface area contributed by atoms with Gasteiger partial charge in [0.1, 0.15) is 0 Å². The Morgan fingerprint density at radius 3 is 2.87 bits per heavy atom. The summed E-state index contributed by atoms with van der Waals surface area (Å²) >= 11 is 0. The van der Waals surface area contributed by atoms with Crippen molar-refractivity contribution in [3.05, 3.63) is 0 Å². The summed E-state index contributed by atoms with van der Waals surface area (Å²) in [6.45, 7) is 6.14. The molecule has 15 heavy (non-hydrogen) atoms. The summed E-state index contributed by atoms with van der Waals surface area (Å²) in [6, 6.07) is 0.328. The quantitative estimate of drug-likeness (QED) is 0.778. The van der Waals surface area contributed by atoms with Crippen molar-refractivity contribution in [2.45, 2.75) is 45.6 Å². The maximum absolute atomic E-state index is 11.7.